The fourth-order valence-electron chi connectivity index (χ4n) is 2.30. The zero-order valence-corrected chi connectivity index (χ0v) is 15.0. The molecule has 0 unspecified atom stereocenters. The normalized spacial score (nSPS) is 10.3. The molecule has 1 aromatic heterocycles. The number of rotatable bonds is 7. The van der Waals surface area contributed by atoms with Gasteiger partial charge in [-0.3, -0.25) is 9.59 Å². The second kappa shape index (κ2) is 8.91. The summed E-state index contributed by atoms with van der Waals surface area (Å²) >= 11 is 5.80. The highest BCUT2D eigenvalue weighted by atomic mass is 35.5. The summed E-state index contributed by atoms with van der Waals surface area (Å²) in [7, 11) is 0. The van der Waals surface area contributed by atoms with Crippen molar-refractivity contribution in [2.24, 2.45) is 0 Å². The van der Waals surface area contributed by atoms with Crippen LogP contribution in [-0.4, -0.2) is 18.4 Å². The number of anilines is 1. The summed E-state index contributed by atoms with van der Waals surface area (Å²) in [5, 5.41) is 6.04. The van der Waals surface area contributed by atoms with Gasteiger partial charge in [-0.1, -0.05) is 17.7 Å². The number of furan rings is 1. The molecule has 27 heavy (non-hydrogen) atoms. The molecule has 6 nitrogen and oxygen atoms in total. The van der Waals surface area contributed by atoms with Crippen LogP contribution in [-0.2, 0) is 11.3 Å². The van der Waals surface area contributed by atoms with Crippen LogP contribution in [0, 0.1) is 0 Å². The minimum atomic E-state index is -0.335. The van der Waals surface area contributed by atoms with E-state index >= 15 is 0 Å². The van der Waals surface area contributed by atoms with E-state index in [1.165, 1.54) is 0 Å². The molecule has 2 aromatic carbocycles. The second-order valence-electron chi connectivity index (χ2n) is 5.63. The molecule has 2 N–H and O–H groups in total. The molecular weight excluding hydrogens is 368 g/mol. The molecule has 0 spiro atoms. The Morgan fingerprint density at radius 1 is 1.04 bits per heavy atom. The van der Waals surface area contributed by atoms with Crippen LogP contribution < -0.4 is 15.4 Å². The summed E-state index contributed by atoms with van der Waals surface area (Å²) < 4.78 is 10.6. The maximum Gasteiger partial charge on any atom is 0.262 e. The fourth-order valence-corrected chi connectivity index (χ4v) is 2.42. The van der Waals surface area contributed by atoms with E-state index in [1.807, 2.05) is 0 Å². The maximum absolute atomic E-state index is 12.2. The predicted molar refractivity (Wildman–Crippen MR) is 102 cm³/mol. The number of hydrogen-bond acceptors (Lipinski definition) is 4. The van der Waals surface area contributed by atoms with Gasteiger partial charge in [0, 0.05) is 16.3 Å². The number of benzene rings is 2. The third-order valence-electron chi connectivity index (χ3n) is 3.60. The minimum absolute atomic E-state index is 0.156. The number of amides is 2. The number of halogens is 1. The van der Waals surface area contributed by atoms with Crippen molar-refractivity contribution in [3.63, 3.8) is 0 Å². The molecule has 0 saturated heterocycles. The van der Waals surface area contributed by atoms with Crippen LogP contribution in [0.5, 0.6) is 5.75 Å². The second-order valence-corrected chi connectivity index (χ2v) is 6.07. The Labute approximate surface area is 161 Å². The van der Waals surface area contributed by atoms with E-state index in [1.54, 1.807) is 66.9 Å². The molecule has 2 amide bonds. The van der Waals surface area contributed by atoms with E-state index in [9.17, 15) is 9.59 Å². The predicted octanol–water partition coefficient (Wildman–Crippen LogP) is 3.88. The molecule has 3 aromatic rings. The van der Waals surface area contributed by atoms with Crippen LogP contribution in [0.15, 0.2) is 71.3 Å². The largest absolute Gasteiger partial charge is 0.484 e. The Morgan fingerprint density at radius 3 is 2.59 bits per heavy atom. The minimum Gasteiger partial charge on any atom is -0.484 e. The molecule has 7 heteroatoms. The Morgan fingerprint density at radius 2 is 1.85 bits per heavy atom. The molecule has 3 rings (SSSR count). The van der Waals surface area contributed by atoms with Crippen LogP contribution in [0.3, 0.4) is 0 Å². The van der Waals surface area contributed by atoms with Gasteiger partial charge in [-0.2, -0.15) is 0 Å². The average molecular weight is 385 g/mol. The first kappa shape index (κ1) is 18.5. The topological polar surface area (TPSA) is 80.6 Å². The van der Waals surface area contributed by atoms with Crippen LogP contribution in [0.4, 0.5) is 5.69 Å². The van der Waals surface area contributed by atoms with Crippen molar-refractivity contribution in [2.45, 2.75) is 6.54 Å². The molecule has 0 saturated carbocycles. The summed E-state index contributed by atoms with van der Waals surface area (Å²) in [6, 6.07) is 16.9. The average Bonchev–Trinajstić information content (AvgIpc) is 3.19. The first-order chi connectivity index (χ1) is 13.1. The van der Waals surface area contributed by atoms with Gasteiger partial charge in [0.15, 0.2) is 6.61 Å². The standard InChI is InChI=1S/C20H17ClN2O4/c21-15-6-8-17(9-7-15)27-13-19(24)23-16-4-1-3-14(11-16)20(25)22-12-18-5-2-10-26-18/h1-11H,12-13H2,(H,22,25)(H,23,24). The summed E-state index contributed by atoms with van der Waals surface area (Å²) in [5.74, 6) is 0.603. The lowest BCUT2D eigenvalue weighted by Gasteiger charge is -2.09. The number of hydrogen-bond donors (Lipinski definition) is 2. The van der Waals surface area contributed by atoms with Gasteiger partial charge in [-0.25, -0.2) is 0 Å². The van der Waals surface area contributed by atoms with Crippen molar-refractivity contribution in [2.75, 3.05) is 11.9 Å². The number of carbonyl (C=O) groups excluding carboxylic acids is 2. The number of ether oxygens (including phenoxy) is 1. The summed E-state index contributed by atoms with van der Waals surface area (Å²) in [6.45, 7) is 0.133. The van der Waals surface area contributed by atoms with Crippen LogP contribution >= 0.6 is 11.6 Å². The lowest BCUT2D eigenvalue weighted by atomic mass is 10.2. The molecule has 1 heterocycles. The highest BCUT2D eigenvalue weighted by Gasteiger charge is 2.09. The highest BCUT2D eigenvalue weighted by molar-refractivity contribution is 6.30. The Balaban J connectivity index is 1.52. The molecule has 0 radical (unpaired) electrons. The van der Waals surface area contributed by atoms with Crippen LogP contribution in [0.1, 0.15) is 16.1 Å². The lowest BCUT2D eigenvalue weighted by Crippen LogP contribution is -2.23. The van der Waals surface area contributed by atoms with E-state index in [0.717, 1.165) is 0 Å². The number of carbonyl (C=O) groups is 2. The van der Waals surface area contributed by atoms with E-state index in [-0.39, 0.29) is 25.0 Å². The maximum atomic E-state index is 12.2. The van der Waals surface area contributed by atoms with Crippen molar-refractivity contribution >= 4 is 29.1 Å². The lowest BCUT2D eigenvalue weighted by molar-refractivity contribution is -0.118. The van der Waals surface area contributed by atoms with Crippen LogP contribution in [0.25, 0.3) is 0 Å². The van der Waals surface area contributed by atoms with E-state index in [0.29, 0.717) is 27.8 Å². The molecule has 0 aliphatic rings. The first-order valence-corrected chi connectivity index (χ1v) is 8.57. The summed E-state index contributed by atoms with van der Waals surface area (Å²) in [4.78, 5) is 24.3. The molecule has 0 fully saturated rings. The quantitative estimate of drug-likeness (QED) is 0.647. The van der Waals surface area contributed by atoms with Crippen molar-refractivity contribution < 1.29 is 18.7 Å². The molecule has 0 aliphatic carbocycles. The van der Waals surface area contributed by atoms with Crippen molar-refractivity contribution in [3.8, 4) is 5.75 Å². The molecule has 0 aliphatic heterocycles. The Hall–Kier alpha value is -3.25. The van der Waals surface area contributed by atoms with Gasteiger partial charge >= 0.3 is 0 Å². The summed E-state index contributed by atoms with van der Waals surface area (Å²) in [6.07, 6.45) is 1.55. The van der Waals surface area contributed by atoms with Gasteiger partial charge in [0.05, 0.1) is 12.8 Å². The monoisotopic (exact) mass is 384 g/mol. The smallest absolute Gasteiger partial charge is 0.262 e. The van der Waals surface area contributed by atoms with Gasteiger partial charge in [-0.05, 0) is 54.6 Å². The third kappa shape index (κ3) is 5.62. The van der Waals surface area contributed by atoms with E-state index < -0.39 is 0 Å². The summed E-state index contributed by atoms with van der Waals surface area (Å²) in [5.41, 5.74) is 0.934. The Kier molecular flexibility index (Phi) is 6.12. The SMILES string of the molecule is O=C(COc1ccc(Cl)cc1)Nc1cccc(C(=O)NCc2ccco2)c1. The van der Waals surface area contributed by atoms with Gasteiger partial charge in [-0.15, -0.1) is 0 Å². The van der Waals surface area contributed by atoms with E-state index in [2.05, 4.69) is 10.6 Å². The first-order valence-electron chi connectivity index (χ1n) is 8.19. The van der Waals surface area contributed by atoms with Crippen LogP contribution in [0.2, 0.25) is 5.02 Å². The zero-order chi connectivity index (χ0) is 19.1. The molecule has 0 atom stereocenters. The van der Waals surface area contributed by atoms with Crippen molar-refractivity contribution in [3.05, 3.63) is 83.3 Å². The zero-order valence-electron chi connectivity index (χ0n) is 14.3. The highest BCUT2D eigenvalue weighted by Crippen LogP contribution is 2.16. The van der Waals surface area contributed by atoms with Gasteiger partial charge in [0.2, 0.25) is 0 Å². The third-order valence-corrected chi connectivity index (χ3v) is 3.85. The number of nitrogens with one attached hydrogen (secondary N) is 2. The molecule has 138 valence electrons. The molecular formula is C20H17ClN2O4. The Bertz CT molecular complexity index is 908. The molecule has 0 bridgehead atoms. The van der Waals surface area contributed by atoms with Crippen molar-refractivity contribution in [1.29, 1.82) is 0 Å². The van der Waals surface area contributed by atoms with Crippen molar-refractivity contribution in [1.82, 2.24) is 5.32 Å². The van der Waals surface area contributed by atoms with Gasteiger partial charge in [0.25, 0.3) is 11.8 Å². The van der Waals surface area contributed by atoms with E-state index in [4.69, 9.17) is 20.8 Å². The van der Waals surface area contributed by atoms with Gasteiger partial charge in [0.1, 0.15) is 11.5 Å². The van der Waals surface area contributed by atoms with Gasteiger partial charge < -0.3 is 19.8 Å². The fraction of sp³-hybridized carbons (Fsp3) is 0.100.